The third-order valence-electron chi connectivity index (χ3n) is 7.19. The van der Waals surface area contributed by atoms with E-state index in [9.17, 15) is 19.5 Å². The fraction of sp³-hybridized carbons (Fsp3) is 0.343. The quantitative estimate of drug-likeness (QED) is 0.205. The van der Waals surface area contributed by atoms with Crippen molar-refractivity contribution in [3.05, 3.63) is 107 Å². The second-order valence-corrected chi connectivity index (χ2v) is 12.4. The molecule has 0 saturated heterocycles. The molecule has 0 aliphatic heterocycles. The first-order valence-electron chi connectivity index (χ1n) is 14.9. The zero-order valence-corrected chi connectivity index (χ0v) is 25.9. The summed E-state index contributed by atoms with van der Waals surface area (Å²) in [4.78, 5) is 48.7. The Labute approximate surface area is 258 Å². The van der Waals surface area contributed by atoms with Crippen molar-refractivity contribution in [2.75, 3.05) is 0 Å². The Bertz CT molecular complexity index is 1600. The fourth-order valence-corrected chi connectivity index (χ4v) is 4.94. The van der Waals surface area contributed by atoms with Gasteiger partial charge in [0.1, 0.15) is 11.7 Å². The van der Waals surface area contributed by atoms with E-state index in [1.165, 1.54) is 6.20 Å². The van der Waals surface area contributed by atoms with Crippen LogP contribution in [0.15, 0.2) is 85.1 Å². The number of hydrogen-bond donors (Lipinski definition) is 4. The number of aliphatic hydroxyl groups excluding tert-OH is 1. The predicted molar refractivity (Wildman–Crippen MR) is 171 cm³/mol. The molecule has 0 aliphatic carbocycles. The maximum Gasteiger partial charge on any atom is 0.272 e. The molecular formula is C35H41N5O4. The number of nitrogens with one attached hydrogen (secondary N) is 3. The lowest BCUT2D eigenvalue weighted by Crippen LogP contribution is -2.55. The van der Waals surface area contributed by atoms with Crippen molar-refractivity contribution in [2.24, 2.45) is 5.92 Å². The van der Waals surface area contributed by atoms with E-state index in [-0.39, 0.29) is 23.9 Å². The van der Waals surface area contributed by atoms with Gasteiger partial charge in [-0.2, -0.15) is 0 Å². The predicted octanol–water partition coefficient (Wildman–Crippen LogP) is 4.24. The third kappa shape index (κ3) is 8.70. The minimum absolute atomic E-state index is 0.105. The first-order chi connectivity index (χ1) is 20.9. The van der Waals surface area contributed by atoms with Crippen LogP contribution in [0.4, 0.5) is 0 Å². The van der Waals surface area contributed by atoms with E-state index in [1.807, 2.05) is 95.3 Å². The summed E-state index contributed by atoms with van der Waals surface area (Å²) in [6, 6.07) is 22.3. The SMILES string of the molecule is CC(C)[C@H](NC(=O)c1cnc2ccccc2n1)C(=O)N[C@@H](Cc1ccccc1)[C@H](O)Cc1ccccc1C(=O)NC(C)(C)C. The van der Waals surface area contributed by atoms with E-state index >= 15 is 0 Å². The van der Waals surface area contributed by atoms with Gasteiger partial charge < -0.3 is 21.1 Å². The molecule has 0 spiro atoms. The van der Waals surface area contributed by atoms with E-state index in [0.29, 0.717) is 28.6 Å². The van der Waals surface area contributed by atoms with Gasteiger partial charge >= 0.3 is 0 Å². The van der Waals surface area contributed by atoms with Crippen LogP contribution in [0, 0.1) is 5.92 Å². The van der Waals surface area contributed by atoms with Crippen LogP contribution in [-0.4, -0.2) is 56.5 Å². The number of fused-ring (bicyclic) bond motifs is 1. The number of nitrogens with zero attached hydrogens (tertiary/aromatic N) is 2. The number of carbonyl (C=O) groups excluding carboxylic acids is 3. The molecule has 0 bridgehead atoms. The molecule has 4 aromatic rings. The largest absolute Gasteiger partial charge is 0.391 e. The Balaban J connectivity index is 1.54. The van der Waals surface area contributed by atoms with Gasteiger partial charge in [-0.05, 0) is 62.4 Å². The van der Waals surface area contributed by atoms with Crippen LogP contribution < -0.4 is 16.0 Å². The molecule has 0 aliphatic rings. The smallest absolute Gasteiger partial charge is 0.272 e. The van der Waals surface area contributed by atoms with E-state index < -0.39 is 35.5 Å². The highest BCUT2D eigenvalue weighted by Crippen LogP contribution is 2.17. The van der Waals surface area contributed by atoms with E-state index in [4.69, 9.17) is 0 Å². The molecule has 0 fully saturated rings. The minimum atomic E-state index is -1.03. The first kappa shape index (κ1) is 32.3. The normalized spacial score (nSPS) is 13.6. The van der Waals surface area contributed by atoms with Crippen molar-refractivity contribution < 1.29 is 19.5 Å². The lowest BCUT2D eigenvalue weighted by atomic mass is 9.93. The van der Waals surface area contributed by atoms with Gasteiger partial charge in [0.2, 0.25) is 5.91 Å². The zero-order valence-electron chi connectivity index (χ0n) is 25.9. The molecule has 0 saturated carbocycles. The number of aliphatic hydroxyl groups is 1. The van der Waals surface area contributed by atoms with Crippen LogP contribution >= 0.6 is 0 Å². The van der Waals surface area contributed by atoms with Crippen molar-refractivity contribution in [1.29, 1.82) is 0 Å². The third-order valence-corrected chi connectivity index (χ3v) is 7.19. The summed E-state index contributed by atoms with van der Waals surface area (Å²) in [6.45, 7) is 9.39. The summed E-state index contributed by atoms with van der Waals surface area (Å²) < 4.78 is 0. The van der Waals surface area contributed by atoms with Gasteiger partial charge in [-0.25, -0.2) is 4.98 Å². The molecule has 3 atom stereocenters. The molecule has 4 rings (SSSR count). The number of aromatic nitrogens is 2. The van der Waals surface area contributed by atoms with Crippen LogP contribution in [0.2, 0.25) is 0 Å². The molecular weight excluding hydrogens is 554 g/mol. The van der Waals surface area contributed by atoms with E-state index in [2.05, 4.69) is 25.9 Å². The average Bonchev–Trinajstić information content (AvgIpc) is 2.98. The summed E-state index contributed by atoms with van der Waals surface area (Å²) >= 11 is 0. The van der Waals surface area contributed by atoms with Crippen LogP contribution in [0.1, 0.15) is 66.6 Å². The van der Waals surface area contributed by atoms with Crippen molar-refractivity contribution in [1.82, 2.24) is 25.9 Å². The summed E-state index contributed by atoms with van der Waals surface area (Å²) in [5.74, 6) is -1.44. The standard InChI is InChI=1S/C35H41N5O4/c1-22(2)31(39-33(43)29-21-36-26-17-11-12-18-27(26)37-29)34(44)38-28(19-23-13-7-6-8-14-23)30(41)20-24-15-9-10-16-25(24)32(42)40-35(3,4)5/h6-18,21-22,28,30-31,41H,19-20H2,1-5H3,(H,38,44)(H,39,43)(H,40,42)/t28-,30+,31-/m0/s1. The first-order valence-corrected chi connectivity index (χ1v) is 14.9. The molecule has 3 amide bonds. The highest BCUT2D eigenvalue weighted by molar-refractivity contribution is 5.97. The Kier molecular flexibility index (Phi) is 10.4. The summed E-state index contributed by atoms with van der Waals surface area (Å²) in [7, 11) is 0. The molecule has 1 heterocycles. The van der Waals surface area contributed by atoms with Crippen molar-refractivity contribution >= 4 is 28.8 Å². The lowest BCUT2D eigenvalue weighted by Gasteiger charge is -2.29. The van der Waals surface area contributed by atoms with Crippen LogP contribution in [0.5, 0.6) is 0 Å². The Morgan fingerprint density at radius 2 is 1.43 bits per heavy atom. The van der Waals surface area contributed by atoms with Gasteiger partial charge in [0.05, 0.1) is 29.4 Å². The zero-order chi connectivity index (χ0) is 31.9. The number of para-hydroxylation sites is 2. The van der Waals surface area contributed by atoms with Crippen LogP contribution in [0.25, 0.3) is 11.0 Å². The Morgan fingerprint density at radius 3 is 2.11 bits per heavy atom. The average molecular weight is 596 g/mol. The Morgan fingerprint density at radius 1 is 0.795 bits per heavy atom. The van der Waals surface area contributed by atoms with E-state index in [0.717, 1.165) is 5.56 Å². The number of benzene rings is 3. The van der Waals surface area contributed by atoms with Crippen molar-refractivity contribution in [3.8, 4) is 0 Å². The second kappa shape index (κ2) is 14.2. The lowest BCUT2D eigenvalue weighted by molar-refractivity contribution is -0.125. The molecule has 0 radical (unpaired) electrons. The second-order valence-electron chi connectivity index (χ2n) is 12.4. The highest BCUT2D eigenvalue weighted by atomic mass is 16.3. The highest BCUT2D eigenvalue weighted by Gasteiger charge is 2.30. The van der Waals surface area contributed by atoms with Crippen molar-refractivity contribution in [3.63, 3.8) is 0 Å². The number of amides is 3. The van der Waals surface area contributed by atoms with E-state index in [1.54, 1.807) is 18.2 Å². The summed E-state index contributed by atoms with van der Waals surface area (Å²) in [5.41, 5.74) is 2.97. The number of carbonyl (C=O) groups is 3. The molecule has 0 unspecified atom stereocenters. The molecule has 3 aromatic carbocycles. The Hall–Kier alpha value is -4.63. The number of hydrogen-bond acceptors (Lipinski definition) is 6. The van der Waals surface area contributed by atoms with Crippen LogP contribution in [-0.2, 0) is 17.6 Å². The molecule has 1 aromatic heterocycles. The molecule has 44 heavy (non-hydrogen) atoms. The maximum absolute atomic E-state index is 13.7. The van der Waals surface area contributed by atoms with Gasteiger partial charge in [0.25, 0.3) is 11.8 Å². The fourth-order valence-electron chi connectivity index (χ4n) is 4.94. The maximum atomic E-state index is 13.7. The van der Waals surface area contributed by atoms with Crippen molar-refractivity contribution in [2.45, 2.75) is 71.2 Å². The minimum Gasteiger partial charge on any atom is -0.391 e. The number of rotatable bonds is 11. The van der Waals surface area contributed by atoms with Gasteiger partial charge in [-0.3, -0.25) is 19.4 Å². The summed E-state index contributed by atoms with van der Waals surface area (Å²) in [6.07, 6.45) is 0.843. The summed E-state index contributed by atoms with van der Waals surface area (Å²) in [5, 5.41) is 20.3. The van der Waals surface area contributed by atoms with Crippen LogP contribution in [0.3, 0.4) is 0 Å². The van der Waals surface area contributed by atoms with Gasteiger partial charge in [-0.15, -0.1) is 0 Å². The molecule has 9 heteroatoms. The van der Waals surface area contributed by atoms with Gasteiger partial charge in [0, 0.05) is 17.5 Å². The van der Waals surface area contributed by atoms with Gasteiger partial charge in [-0.1, -0.05) is 74.5 Å². The van der Waals surface area contributed by atoms with Gasteiger partial charge in [0.15, 0.2) is 0 Å². The monoisotopic (exact) mass is 595 g/mol. The molecule has 4 N–H and O–H groups in total. The molecule has 230 valence electrons. The topological polar surface area (TPSA) is 133 Å². The molecule has 9 nitrogen and oxygen atoms in total.